The molecule has 150 valence electrons. The Balaban J connectivity index is 1.60. The third-order valence-electron chi connectivity index (χ3n) is 4.46. The highest BCUT2D eigenvalue weighted by atomic mass is 16.3. The van der Waals surface area contributed by atoms with E-state index in [9.17, 15) is 9.59 Å². The molecule has 2 N–H and O–H groups in total. The zero-order chi connectivity index (χ0) is 20.6. The van der Waals surface area contributed by atoms with Crippen molar-refractivity contribution in [1.82, 2.24) is 10.2 Å². The first-order chi connectivity index (χ1) is 14.0. The molecule has 0 spiro atoms. The molecule has 3 aromatic rings. The molecule has 3 amide bonds. The highest BCUT2D eigenvalue weighted by Crippen LogP contribution is 2.16. The van der Waals surface area contributed by atoms with Crippen LogP contribution in [-0.4, -0.2) is 23.4 Å². The van der Waals surface area contributed by atoms with E-state index in [1.54, 1.807) is 6.26 Å². The van der Waals surface area contributed by atoms with E-state index in [1.807, 2.05) is 79.4 Å². The average Bonchev–Trinajstić information content (AvgIpc) is 3.17. The quantitative estimate of drug-likeness (QED) is 0.631. The van der Waals surface area contributed by atoms with E-state index < -0.39 is 6.03 Å². The van der Waals surface area contributed by atoms with Crippen LogP contribution in [-0.2, 0) is 17.9 Å². The van der Waals surface area contributed by atoms with Gasteiger partial charge in [-0.05, 0) is 43.2 Å². The SMILES string of the molecule is Cc1ccc(NC(=O)NC(=O)CN(Cc2ccccc2)Cc2ccco2)c(C)c1. The predicted octanol–water partition coefficient (Wildman–Crippen LogP) is 4.25. The van der Waals surface area contributed by atoms with Crippen molar-refractivity contribution in [2.75, 3.05) is 11.9 Å². The molecule has 6 nitrogen and oxygen atoms in total. The molecule has 0 bridgehead atoms. The lowest BCUT2D eigenvalue weighted by atomic mass is 10.1. The minimum atomic E-state index is -0.542. The number of furan rings is 1. The first kappa shape index (κ1) is 20.4. The van der Waals surface area contributed by atoms with Crippen molar-refractivity contribution in [3.63, 3.8) is 0 Å². The van der Waals surface area contributed by atoms with Gasteiger partial charge in [-0.15, -0.1) is 0 Å². The maximum absolute atomic E-state index is 12.5. The fraction of sp³-hybridized carbons (Fsp3) is 0.217. The molecule has 6 heteroatoms. The summed E-state index contributed by atoms with van der Waals surface area (Å²) in [5, 5.41) is 5.13. The van der Waals surface area contributed by atoms with Crippen molar-refractivity contribution in [2.45, 2.75) is 26.9 Å². The second-order valence-corrected chi connectivity index (χ2v) is 7.03. The van der Waals surface area contributed by atoms with Gasteiger partial charge in [-0.3, -0.25) is 15.0 Å². The van der Waals surface area contributed by atoms with Crippen molar-refractivity contribution in [3.8, 4) is 0 Å². The Labute approximate surface area is 170 Å². The van der Waals surface area contributed by atoms with Crippen LogP contribution in [0.2, 0.25) is 0 Å². The number of carbonyl (C=O) groups is 2. The summed E-state index contributed by atoms with van der Waals surface area (Å²) in [5.74, 6) is 0.378. The van der Waals surface area contributed by atoms with Crippen LogP contribution in [0.3, 0.4) is 0 Å². The summed E-state index contributed by atoms with van der Waals surface area (Å²) >= 11 is 0. The molecule has 1 heterocycles. The van der Waals surface area contributed by atoms with E-state index >= 15 is 0 Å². The zero-order valence-corrected chi connectivity index (χ0v) is 16.6. The van der Waals surface area contributed by atoms with Gasteiger partial charge in [-0.1, -0.05) is 48.0 Å². The predicted molar refractivity (Wildman–Crippen MR) is 112 cm³/mol. The first-order valence-corrected chi connectivity index (χ1v) is 9.46. The third-order valence-corrected chi connectivity index (χ3v) is 4.46. The van der Waals surface area contributed by atoms with Crippen LogP contribution in [0.25, 0.3) is 0 Å². The number of hydrogen-bond donors (Lipinski definition) is 2. The van der Waals surface area contributed by atoms with Gasteiger partial charge in [-0.25, -0.2) is 4.79 Å². The fourth-order valence-corrected chi connectivity index (χ4v) is 3.11. The number of anilines is 1. The molecule has 0 aliphatic heterocycles. The Bertz CT molecular complexity index is 953. The number of nitrogens with zero attached hydrogens (tertiary/aromatic N) is 1. The van der Waals surface area contributed by atoms with Crippen LogP contribution < -0.4 is 10.6 Å². The third kappa shape index (κ3) is 6.33. The number of nitrogens with one attached hydrogen (secondary N) is 2. The van der Waals surface area contributed by atoms with E-state index in [4.69, 9.17) is 4.42 Å². The molecule has 0 unspecified atom stereocenters. The van der Waals surface area contributed by atoms with E-state index in [0.717, 1.165) is 22.5 Å². The van der Waals surface area contributed by atoms with Crippen LogP contribution in [0.5, 0.6) is 0 Å². The Kier molecular flexibility index (Phi) is 6.81. The number of amides is 3. The molecule has 0 saturated carbocycles. The van der Waals surface area contributed by atoms with E-state index in [-0.39, 0.29) is 12.5 Å². The minimum Gasteiger partial charge on any atom is -0.468 e. The van der Waals surface area contributed by atoms with E-state index in [0.29, 0.717) is 18.8 Å². The summed E-state index contributed by atoms with van der Waals surface area (Å²) in [5.41, 5.74) is 3.80. The minimum absolute atomic E-state index is 0.0654. The molecular formula is C23H25N3O3. The number of imide groups is 1. The smallest absolute Gasteiger partial charge is 0.325 e. The Morgan fingerprint density at radius 1 is 0.966 bits per heavy atom. The average molecular weight is 391 g/mol. The molecule has 0 atom stereocenters. The number of hydrogen-bond acceptors (Lipinski definition) is 4. The normalized spacial score (nSPS) is 10.7. The molecule has 0 radical (unpaired) electrons. The Morgan fingerprint density at radius 3 is 2.45 bits per heavy atom. The van der Waals surface area contributed by atoms with Gasteiger partial charge in [0.1, 0.15) is 5.76 Å². The summed E-state index contributed by atoms with van der Waals surface area (Å²) in [7, 11) is 0. The molecule has 3 rings (SSSR count). The largest absolute Gasteiger partial charge is 0.468 e. The Morgan fingerprint density at radius 2 is 1.76 bits per heavy atom. The second kappa shape index (κ2) is 9.71. The lowest BCUT2D eigenvalue weighted by Crippen LogP contribution is -2.41. The highest BCUT2D eigenvalue weighted by molar-refractivity contribution is 6.02. The number of aryl methyl sites for hydroxylation is 2. The monoisotopic (exact) mass is 391 g/mol. The molecule has 0 fully saturated rings. The summed E-state index contributed by atoms with van der Waals surface area (Å²) in [6, 6.07) is 18.7. The van der Waals surface area contributed by atoms with Crippen LogP contribution in [0.4, 0.5) is 10.5 Å². The molecular weight excluding hydrogens is 366 g/mol. The van der Waals surface area contributed by atoms with Gasteiger partial charge in [0.05, 0.1) is 19.4 Å². The lowest BCUT2D eigenvalue weighted by molar-refractivity contribution is -0.121. The first-order valence-electron chi connectivity index (χ1n) is 9.46. The molecule has 1 aromatic heterocycles. The molecule has 0 aliphatic rings. The topological polar surface area (TPSA) is 74.6 Å². The van der Waals surface area contributed by atoms with Crippen molar-refractivity contribution in [2.24, 2.45) is 0 Å². The van der Waals surface area contributed by atoms with Crippen LogP contribution in [0.1, 0.15) is 22.5 Å². The van der Waals surface area contributed by atoms with Crippen molar-refractivity contribution < 1.29 is 14.0 Å². The zero-order valence-electron chi connectivity index (χ0n) is 16.6. The molecule has 0 aliphatic carbocycles. The van der Waals surface area contributed by atoms with Gasteiger partial charge < -0.3 is 9.73 Å². The van der Waals surface area contributed by atoms with Crippen molar-refractivity contribution in [1.29, 1.82) is 0 Å². The summed E-state index contributed by atoms with van der Waals surface area (Å²) in [4.78, 5) is 26.6. The fourth-order valence-electron chi connectivity index (χ4n) is 3.11. The molecule has 0 saturated heterocycles. The van der Waals surface area contributed by atoms with Gasteiger partial charge in [0.25, 0.3) is 0 Å². The Hall–Kier alpha value is -3.38. The number of urea groups is 1. The van der Waals surface area contributed by atoms with Gasteiger partial charge in [0.2, 0.25) is 5.91 Å². The van der Waals surface area contributed by atoms with Crippen molar-refractivity contribution >= 4 is 17.6 Å². The van der Waals surface area contributed by atoms with Crippen molar-refractivity contribution in [3.05, 3.63) is 89.4 Å². The van der Waals surface area contributed by atoms with Crippen LogP contribution >= 0.6 is 0 Å². The highest BCUT2D eigenvalue weighted by Gasteiger charge is 2.16. The van der Waals surface area contributed by atoms with E-state index in [2.05, 4.69) is 10.6 Å². The molecule has 2 aromatic carbocycles. The van der Waals surface area contributed by atoms with Gasteiger partial charge >= 0.3 is 6.03 Å². The lowest BCUT2D eigenvalue weighted by Gasteiger charge is -2.20. The van der Waals surface area contributed by atoms with Crippen LogP contribution in [0.15, 0.2) is 71.3 Å². The number of benzene rings is 2. The summed E-state index contributed by atoms with van der Waals surface area (Å²) in [6.07, 6.45) is 1.60. The second-order valence-electron chi connectivity index (χ2n) is 7.03. The maximum atomic E-state index is 12.5. The maximum Gasteiger partial charge on any atom is 0.325 e. The van der Waals surface area contributed by atoms with Gasteiger partial charge in [0, 0.05) is 12.2 Å². The van der Waals surface area contributed by atoms with E-state index in [1.165, 1.54) is 0 Å². The van der Waals surface area contributed by atoms with Gasteiger partial charge in [0.15, 0.2) is 0 Å². The number of carbonyl (C=O) groups excluding carboxylic acids is 2. The summed E-state index contributed by atoms with van der Waals surface area (Å²) < 4.78 is 5.41. The van der Waals surface area contributed by atoms with Gasteiger partial charge in [-0.2, -0.15) is 0 Å². The number of rotatable bonds is 7. The molecule has 29 heavy (non-hydrogen) atoms. The van der Waals surface area contributed by atoms with Crippen LogP contribution in [0, 0.1) is 13.8 Å². The summed E-state index contributed by atoms with van der Waals surface area (Å²) in [6.45, 7) is 4.99. The standard InChI is InChI=1S/C23H25N3O3/c1-17-10-11-21(18(2)13-17)24-23(28)25-22(27)16-26(15-20-9-6-12-29-20)14-19-7-4-3-5-8-19/h3-13H,14-16H2,1-2H3,(H2,24,25,27,28).